The maximum atomic E-state index is 12.6. The lowest BCUT2D eigenvalue weighted by atomic mass is 10.1. The molecule has 1 aliphatic heterocycles. The zero-order valence-electron chi connectivity index (χ0n) is 6.52. The molecule has 1 saturated heterocycles. The van der Waals surface area contributed by atoms with E-state index in [4.69, 9.17) is 11.6 Å². The minimum atomic E-state index is -2.55. The number of halogens is 3. The smallest absolute Gasteiger partial charge is 0.250 e. The third-order valence-electron chi connectivity index (χ3n) is 1.94. The second-order valence-electron chi connectivity index (χ2n) is 2.99. The van der Waals surface area contributed by atoms with Crippen LogP contribution < -0.4 is 0 Å². The van der Waals surface area contributed by atoms with Crippen LogP contribution in [0.15, 0.2) is 0 Å². The number of hydrogen-bond donors (Lipinski definition) is 0. The van der Waals surface area contributed by atoms with Gasteiger partial charge in [0.2, 0.25) is 5.24 Å². The van der Waals surface area contributed by atoms with Crippen molar-refractivity contribution in [1.29, 1.82) is 0 Å². The van der Waals surface area contributed by atoms with Gasteiger partial charge in [0.15, 0.2) is 0 Å². The average Bonchev–Trinajstić information content (AvgIpc) is 1.93. The molecule has 0 aromatic rings. The molecule has 1 aliphatic rings. The molecule has 5 heteroatoms. The van der Waals surface area contributed by atoms with E-state index in [1.165, 1.54) is 0 Å². The van der Waals surface area contributed by atoms with E-state index < -0.39 is 11.2 Å². The van der Waals surface area contributed by atoms with Crippen molar-refractivity contribution in [2.75, 3.05) is 19.6 Å². The Bertz CT molecular complexity index is 176. The zero-order chi connectivity index (χ0) is 9.19. The highest BCUT2D eigenvalue weighted by Gasteiger charge is 2.34. The van der Waals surface area contributed by atoms with Crippen molar-refractivity contribution in [3.8, 4) is 0 Å². The van der Waals surface area contributed by atoms with Gasteiger partial charge in [-0.2, -0.15) is 0 Å². The highest BCUT2D eigenvalue weighted by Crippen LogP contribution is 2.27. The largest absolute Gasteiger partial charge is 0.295 e. The number of carbonyl (C=O) groups is 1. The van der Waals surface area contributed by atoms with Gasteiger partial charge in [-0.25, -0.2) is 8.78 Å². The van der Waals surface area contributed by atoms with Gasteiger partial charge in [-0.3, -0.25) is 9.69 Å². The van der Waals surface area contributed by atoms with Crippen LogP contribution in [0.25, 0.3) is 0 Å². The number of rotatable bonds is 2. The number of hydrogen-bond acceptors (Lipinski definition) is 2. The van der Waals surface area contributed by atoms with Gasteiger partial charge in [0.05, 0.1) is 6.54 Å². The SMILES string of the molecule is O=C(Cl)CN1CCC(F)(F)CC1. The first-order valence-electron chi connectivity index (χ1n) is 3.78. The van der Waals surface area contributed by atoms with Crippen molar-refractivity contribution in [2.24, 2.45) is 0 Å². The Morgan fingerprint density at radius 1 is 1.42 bits per heavy atom. The average molecular weight is 198 g/mol. The summed E-state index contributed by atoms with van der Waals surface area (Å²) in [5.41, 5.74) is 0. The zero-order valence-corrected chi connectivity index (χ0v) is 7.28. The summed E-state index contributed by atoms with van der Waals surface area (Å²) in [7, 11) is 0. The fourth-order valence-electron chi connectivity index (χ4n) is 1.21. The molecule has 2 nitrogen and oxygen atoms in total. The van der Waals surface area contributed by atoms with Gasteiger partial charge in [-0.1, -0.05) is 0 Å². The van der Waals surface area contributed by atoms with Crippen LogP contribution in [-0.2, 0) is 4.79 Å². The standard InChI is InChI=1S/C7H10ClF2NO/c8-6(12)5-11-3-1-7(9,10)2-4-11/h1-5H2. The van der Waals surface area contributed by atoms with Crippen LogP contribution in [0.4, 0.5) is 8.78 Å². The molecule has 1 fully saturated rings. The molecule has 1 rings (SSSR count). The third kappa shape index (κ3) is 3.03. The van der Waals surface area contributed by atoms with E-state index in [2.05, 4.69) is 0 Å². The van der Waals surface area contributed by atoms with Gasteiger partial charge in [0, 0.05) is 25.9 Å². The Morgan fingerprint density at radius 2 is 1.92 bits per heavy atom. The lowest BCUT2D eigenvalue weighted by Crippen LogP contribution is -2.41. The summed E-state index contributed by atoms with van der Waals surface area (Å²) in [5, 5.41) is -0.486. The monoisotopic (exact) mass is 197 g/mol. The summed E-state index contributed by atoms with van der Waals surface area (Å²) in [6.07, 6.45) is -0.339. The van der Waals surface area contributed by atoms with Crippen molar-refractivity contribution in [2.45, 2.75) is 18.8 Å². The number of likely N-dealkylation sites (tertiary alicyclic amines) is 1. The van der Waals surface area contributed by atoms with Crippen LogP contribution >= 0.6 is 11.6 Å². The molecule has 0 aromatic carbocycles. The molecule has 0 aromatic heterocycles. The van der Waals surface area contributed by atoms with Gasteiger partial charge in [-0.05, 0) is 11.6 Å². The van der Waals surface area contributed by atoms with Crippen LogP contribution in [0, 0.1) is 0 Å². The predicted octanol–water partition coefficient (Wildman–Crippen LogP) is 1.48. The molecular formula is C7H10ClF2NO. The van der Waals surface area contributed by atoms with Gasteiger partial charge in [-0.15, -0.1) is 0 Å². The Morgan fingerprint density at radius 3 is 2.33 bits per heavy atom. The number of alkyl halides is 2. The lowest BCUT2D eigenvalue weighted by Gasteiger charge is -2.30. The van der Waals surface area contributed by atoms with E-state index in [9.17, 15) is 13.6 Å². The first-order chi connectivity index (χ1) is 5.49. The Hall–Kier alpha value is -0.220. The number of carbonyl (C=O) groups excluding carboxylic acids is 1. The molecule has 0 atom stereocenters. The molecule has 1 heterocycles. The number of piperidine rings is 1. The van der Waals surface area contributed by atoms with Crippen LogP contribution in [0.1, 0.15) is 12.8 Å². The maximum Gasteiger partial charge on any atom is 0.250 e. The quantitative estimate of drug-likeness (QED) is 0.625. The molecular weight excluding hydrogens is 188 g/mol. The fraction of sp³-hybridized carbons (Fsp3) is 0.857. The Labute approximate surface area is 74.5 Å². The molecule has 0 saturated carbocycles. The summed E-state index contributed by atoms with van der Waals surface area (Å²) >= 11 is 5.11. The van der Waals surface area contributed by atoms with Gasteiger partial charge in [0.1, 0.15) is 0 Å². The van der Waals surface area contributed by atoms with Crippen LogP contribution in [0.5, 0.6) is 0 Å². The van der Waals surface area contributed by atoms with Crippen molar-refractivity contribution >= 4 is 16.8 Å². The van der Waals surface area contributed by atoms with E-state index in [1.807, 2.05) is 0 Å². The van der Waals surface area contributed by atoms with Crippen LogP contribution in [0.3, 0.4) is 0 Å². The Balaban J connectivity index is 2.31. The van der Waals surface area contributed by atoms with Gasteiger partial charge in [0.25, 0.3) is 5.92 Å². The molecule has 70 valence electrons. The van der Waals surface area contributed by atoms with Crippen molar-refractivity contribution in [3.05, 3.63) is 0 Å². The molecule has 0 N–H and O–H groups in total. The second kappa shape index (κ2) is 3.66. The molecule has 0 spiro atoms. The van der Waals surface area contributed by atoms with E-state index in [0.717, 1.165) is 0 Å². The lowest BCUT2D eigenvalue weighted by molar-refractivity contribution is -0.114. The third-order valence-corrected chi connectivity index (χ3v) is 2.06. The van der Waals surface area contributed by atoms with Crippen molar-refractivity contribution in [1.82, 2.24) is 4.90 Å². The van der Waals surface area contributed by atoms with Crippen LogP contribution in [0.2, 0.25) is 0 Å². The molecule has 12 heavy (non-hydrogen) atoms. The van der Waals surface area contributed by atoms with Crippen molar-refractivity contribution in [3.63, 3.8) is 0 Å². The van der Waals surface area contributed by atoms with Gasteiger partial charge < -0.3 is 0 Å². The maximum absolute atomic E-state index is 12.6. The minimum absolute atomic E-state index is 0.0810. The number of nitrogens with zero attached hydrogens (tertiary/aromatic N) is 1. The topological polar surface area (TPSA) is 20.3 Å². The van der Waals surface area contributed by atoms with E-state index >= 15 is 0 Å². The van der Waals surface area contributed by atoms with Gasteiger partial charge >= 0.3 is 0 Å². The predicted molar refractivity (Wildman–Crippen MR) is 41.5 cm³/mol. The molecule has 0 unspecified atom stereocenters. The summed E-state index contributed by atoms with van der Waals surface area (Å²) in [4.78, 5) is 12.1. The molecule has 0 radical (unpaired) electrons. The normalized spacial score (nSPS) is 23.9. The molecule has 0 bridgehead atoms. The van der Waals surface area contributed by atoms with E-state index in [-0.39, 0.29) is 32.5 Å². The van der Waals surface area contributed by atoms with Crippen LogP contribution in [-0.4, -0.2) is 35.7 Å². The minimum Gasteiger partial charge on any atom is -0.295 e. The first kappa shape index (κ1) is 9.86. The summed E-state index contributed by atoms with van der Waals surface area (Å²) in [6, 6.07) is 0. The fourth-order valence-corrected chi connectivity index (χ4v) is 1.38. The van der Waals surface area contributed by atoms with E-state index in [1.54, 1.807) is 4.90 Å². The molecule has 0 amide bonds. The van der Waals surface area contributed by atoms with Crippen molar-refractivity contribution < 1.29 is 13.6 Å². The Kier molecular flexibility index (Phi) is 3.01. The highest BCUT2D eigenvalue weighted by molar-refractivity contribution is 6.64. The second-order valence-corrected chi connectivity index (χ2v) is 3.41. The van der Waals surface area contributed by atoms with E-state index in [0.29, 0.717) is 0 Å². The molecule has 0 aliphatic carbocycles. The summed E-state index contributed by atoms with van der Waals surface area (Å²) in [6.45, 7) is 0.592. The summed E-state index contributed by atoms with van der Waals surface area (Å²) in [5.74, 6) is -2.55. The highest BCUT2D eigenvalue weighted by atomic mass is 35.5. The first-order valence-corrected chi connectivity index (χ1v) is 4.16. The summed E-state index contributed by atoms with van der Waals surface area (Å²) < 4.78 is 25.1.